The summed E-state index contributed by atoms with van der Waals surface area (Å²) in [5, 5.41) is 16.3. The van der Waals surface area contributed by atoms with Gasteiger partial charge >= 0.3 is 6.09 Å². The zero-order valence-corrected chi connectivity index (χ0v) is 20.4. The molecule has 0 aliphatic rings. The molecule has 0 heterocycles. The standard InChI is InChI=1S/C23H31F2N3O5S/c1-23(2,3)33-22(30)27-20(11-16-8-17(24)12-18(25)9-16)21(29)14-26-13-15-6-5-7-19(10-15)28-34(4,31)32/h5-10,12,20-21,26,28-29H,11,13-14H2,1-4H3,(H,27,30)/t20-,21+/m0/s1. The fourth-order valence-corrected chi connectivity index (χ4v) is 3.75. The number of hydrogen-bond donors (Lipinski definition) is 4. The molecule has 8 nitrogen and oxygen atoms in total. The van der Waals surface area contributed by atoms with Crippen molar-refractivity contribution in [1.29, 1.82) is 0 Å². The number of amides is 1. The van der Waals surface area contributed by atoms with Crippen molar-refractivity contribution in [2.75, 3.05) is 17.5 Å². The van der Waals surface area contributed by atoms with Gasteiger partial charge in [0.2, 0.25) is 10.0 Å². The van der Waals surface area contributed by atoms with Gasteiger partial charge in [0.15, 0.2) is 0 Å². The number of aliphatic hydroxyl groups is 1. The molecule has 0 saturated heterocycles. The van der Waals surface area contributed by atoms with Gasteiger partial charge in [0.05, 0.1) is 18.4 Å². The number of halogens is 2. The van der Waals surface area contributed by atoms with E-state index in [0.29, 0.717) is 12.2 Å². The molecule has 11 heteroatoms. The first-order chi connectivity index (χ1) is 15.7. The summed E-state index contributed by atoms with van der Waals surface area (Å²) in [4.78, 5) is 12.3. The first-order valence-corrected chi connectivity index (χ1v) is 12.5. The molecule has 2 atom stereocenters. The topological polar surface area (TPSA) is 117 Å². The zero-order valence-electron chi connectivity index (χ0n) is 19.6. The third kappa shape index (κ3) is 10.4. The van der Waals surface area contributed by atoms with Gasteiger partial charge in [-0.1, -0.05) is 12.1 Å². The van der Waals surface area contributed by atoms with Gasteiger partial charge in [-0.2, -0.15) is 0 Å². The van der Waals surface area contributed by atoms with Crippen LogP contribution in [-0.2, 0) is 27.7 Å². The molecule has 0 fully saturated rings. The molecule has 0 unspecified atom stereocenters. The smallest absolute Gasteiger partial charge is 0.407 e. The second kappa shape index (κ2) is 11.6. The van der Waals surface area contributed by atoms with Crippen LogP contribution in [0, 0.1) is 11.6 Å². The lowest BCUT2D eigenvalue weighted by Gasteiger charge is -2.27. The summed E-state index contributed by atoms with van der Waals surface area (Å²) in [7, 11) is -3.42. The predicted octanol–water partition coefficient (Wildman–Crippen LogP) is 2.92. The van der Waals surface area contributed by atoms with Crippen molar-refractivity contribution in [2.45, 2.75) is 51.5 Å². The van der Waals surface area contributed by atoms with Crippen LogP contribution < -0.4 is 15.4 Å². The largest absolute Gasteiger partial charge is 0.444 e. The van der Waals surface area contributed by atoms with Crippen LogP contribution in [0.1, 0.15) is 31.9 Å². The van der Waals surface area contributed by atoms with E-state index in [9.17, 15) is 27.1 Å². The van der Waals surface area contributed by atoms with Gasteiger partial charge in [-0.25, -0.2) is 22.0 Å². The molecule has 0 saturated carbocycles. The number of aliphatic hydroxyl groups excluding tert-OH is 1. The molecule has 0 bridgehead atoms. The highest BCUT2D eigenvalue weighted by Crippen LogP contribution is 2.14. The van der Waals surface area contributed by atoms with Crippen LogP contribution in [-0.4, -0.2) is 50.2 Å². The molecular formula is C23H31F2N3O5S. The third-order valence-corrected chi connectivity index (χ3v) is 5.06. The number of carbonyl (C=O) groups excluding carboxylic acids is 1. The van der Waals surface area contributed by atoms with Gasteiger partial charge in [0, 0.05) is 24.8 Å². The van der Waals surface area contributed by atoms with Crippen molar-refractivity contribution >= 4 is 21.8 Å². The minimum absolute atomic E-state index is 0.0298. The Morgan fingerprint density at radius 2 is 1.74 bits per heavy atom. The average Bonchev–Trinajstić information content (AvgIpc) is 2.64. The fourth-order valence-electron chi connectivity index (χ4n) is 3.19. The molecule has 34 heavy (non-hydrogen) atoms. The van der Waals surface area contributed by atoms with Crippen molar-refractivity contribution in [1.82, 2.24) is 10.6 Å². The van der Waals surface area contributed by atoms with Crippen molar-refractivity contribution in [3.63, 3.8) is 0 Å². The van der Waals surface area contributed by atoms with Gasteiger partial charge in [-0.05, 0) is 62.6 Å². The van der Waals surface area contributed by atoms with Crippen molar-refractivity contribution < 1.29 is 31.8 Å². The highest BCUT2D eigenvalue weighted by molar-refractivity contribution is 7.92. The monoisotopic (exact) mass is 499 g/mol. The molecule has 2 aromatic carbocycles. The number of hydrogen-bond acceptors (Lipinski definition) is 6. The molecular weight excluding hydrogens is 468 g/mol. The summed E-state index contributed by atoms with van der Waals surface area (Å²) in [6.45, 7) is 5.39. The maximum Gasteiger partial charge on any atom is 0.407 e. The molecule has 0 aromatic heterocycles. The fraction of sp³-hybridized carbons (Fsp3) is 0.435. The summed E-state index contributed by atoms with van der Waals surface area (Å²) in [5.74, 6) is -1.53. The molecule has 0 aliphatic heterocycles. The average molecular weight is 500 g/mol. The lowest BCUT2D eigenvalue weighted by atomic mass is 10.0. The Morgan fingerprint density at radius 3 is 2.32 bits per heavy atom. The minimum atomic E-state index is -3.42. The van der Waals surface area contributed by atoms with Crippen LogP contribution in [0.15, 0.2) is 42.5 Å². The van der Waals surface area contributed by atoms with E-state index in [1.807, 2.05) is 0 Å². The van der Waals surface area contributed by atoms with E-state index in [4.69, 9.17) is 4.74 Å². The zero-order chi connectivity index (χ0) is 25.5. The van der Waals surface area contributed by atoms with Crippen LogP contribution in [0.2, 0.25) is 0 Å². The Labute approximate surface area is 198 Å². The first kappa shape index (κ1) is 27.5. The molecule has 0 radical (unpaired) electrons. The van der Waals surface area contributed by atoms with Gasteiger partial charge in [-0.3, -0.25) is 4.72 Å². The second-order valence-electron chi connectivity index (χ2n) is 9.01. The van der Waals surface area contributed by atoms with Gasteiger partial charge < -0.3 is 20.5 Å². The molecule has 0 spiro atoms. The maximum atomic E-state index is 13.6. The van der Waals surface area contributed by atoms with Crippen molar-refractivity contribution in [2.24, 2.45) is 0 Å². The summed E-state index contributed by atoms with van der Waals surface area (Å²) >= 11 is 0. The quantitative estimate of drug-likeness (QED) is 0.400. The van der Waals surface area contributed by atoms with E-state index >= 15 is 0 Å². The van der Waals surface area contributed by atoms with Gasteiger partial charge in [0.25, 0.3) is 0 Å². The number of benzene rings is 2. The van der Waals surface area contributed by atoms with Crippen LogP contribution >= 0.6 is 0 Å². The number of sulfonamides is 1. The Morgan fingerprint density at radius 1 is 1.09 bits per heavy atom. The van der Waals surface area contributed by atoms with E-state index in [1.54, 1.807) is 45.0 Å². The second-order valence-corrected chi connectivity index (χ2v) is 10.8. The Hall–Kier alpha value is -2.76. The summed E-state index contributed by atoms with van der Waals surface area (Å²) in [5.41, 5.74) is 0.648. The highest BCUT2D eigenvalue weighted by atomic mass is 32.2. The number of ether oxygens (including phenoxy) is 1. The van der Waals surface area contributed by atoms with Gasteiger partial charge in [-0.15, -0.1) is 0 Å². The molecule has 188 valence electrons. The summed E-state index contributed by atoms with van der Waals surface area (Å²) < 4.78 is 57.7. The van der Waals surface area contributed by atoms with E-state index < -0.39 is 45.5 Å². The lowest BCUT2D eigenvalue weighted by molar-refractivity contribution is 0.0422. The Bertz CT molecular complexity index is 1070. The van der Waals surface area contributed by atoms with E-state index in [2.05, 4.69) is 15.4 Å². The number of nitrogens with one attached hydrogen (secondary N) is 3. The molecule has 4 N–H and O–H groups in total. The summed E-state index contributed by atoms with van der Waals surface area (Å²) in [6.07, 6.45) is -0.884. The Kier molecular flexibility index (Phi) is 9.37. The van der Waals surface area contributed by atoms with Crippen LogP contribution in [0.3, 0.4) is 0 Å². The SMILES string of the molecule is CC(C)(C)OC(=O)N[C@@H](Cc1cc(F)cc(F)c1)[C@H](O)CNCc1cccc(NS(C)(=O)=O)c1. The molecule has 0 aliphatic carbocycles. The normalized spacial score (nSPS) is 13.7. The number of anilines is 1. The Balaban J connectivity index is 2.06. The minimum Gasteiger partial charge on any atom is -0.444 e. The van der Waals surface area contributed by atoms with Crippen LogP contribution in [0.4, 0.5) is 19.3 Å². The molecule has 1 amide bonds. The lowest BCUT2D eigenvalue weighted by Crippen LogP contribution is -2.49. The van der Waals surface area contributed by atoms with Crippen molar-refractivity contribution in [3.8, 4) is 0 Å². The predicted molar refractivity (Wildman–Crippen MR) is 126 cm³/mol. The van der Waals surface area contributed by atoms with E-state index in [0.717, 1.165) is 30.0 Å². The van der Waals surface area contributed by atoms with E-state index in [-0.39, 0.29) is 18.5 Å². The van der Waals surface area contributed by atoms with E-state index in [1.165, 1.54) is 0 Å². The maximum absolute atomic E-state index is 13.6. The van der Waals surface area contributed by atoms with Crippen molar-refractivity contribution in [3.05, 3.63) is 65.2 Å². The number of carbonyl (C=O) groups is 1. The van der Waals surface area contributed by atoms with Crippen LogP contribution in [0.5, 0.6) is 0 Å². The first-order valence-electron chi connectivity index (χ1n) is 10.6. The highest BCUT2D eigenvalue weighted by Gasteiger charge is 2.25. The number of alkyl carbamates (subject to hydrolysis) is 1. The molecule has 2 rings (SSSR count). The third-order valence-electron chi connectivity index (χ3n) is 4.46. The molecule has 2 aromatic rings. The number of rotatable bonds is 10. The van der Waals surface area contributed by atoms with Crippen LogP contribution in [0.25, 0.3) is 0 Å². The van der Waals surface area contributed by atoms with Gasteiger partial charge in [0.1, 0.15) is 17.2 Å². The summed E-state index contributed by atoms with van der Waals surface area (Å²) in [6, 6.07) is 8.82.